The number of benzene rings is 2. The number of aryl methyl sites for hydroxylation is 1. The molecule has 0 unspecified atom stereocenters. The number of carbonyl (C=O) groups excluding carboxylic acids is 1. The van der Waals surface area contributed by atoms with Gasteiger partial charge in [0, 0.05) is 11.3 Å². The summed E-state index contributed by atoms with van der Waals surface area (Å²) in [4.78, 5) is 16.5. The summed E-state index contributed by atoms with van der Waals surface area (Å²) in [7, 11) is 0. The standard InChI is InChI=1S/C20H21N3O3/c1-3-25-17-11-9-15(10-12-17)19-23-18(14(2)26-19)13-21-20(24)22-16-7-5-4-6-8-16/h4-12H,3,13H2,1-2H3,(H2,21,22,24). The predicted octanol–water partition coefficient (Wildman–Crippen LogP) is 4.37. The van der Waals surface area contributed by atoms with Gasteiger partial charge in [-0.3, -0.25) is 0 Å². The van der Waals surface area contributed by atoms with Gasteiger partial charge >= 0.3 is 6.03 Å². The van der Waals surface area contributed by atoms with Gasteiger partial charge in [-0.2, -0.15) is 0 Å². The van der Waals surface area contributed by atoms with E-state index in [4.69, 9.17) is 9.15 Å². The molecule has 3 aromatic rings. The second-order valence-corrected chi connectivity index (χ2v) is 5.65. The van der Waals surface area contributed by atoms with Gasteiger partial charge in [0.05, 0.1) is 13.2 Å². The van der Waals surface area contributed by atoms with E-state index >= 15 is 0 Å². The number of nitrogens with one attached hydrogen (secondary N) is 2. The van der Waals surface area contributed by atoms with Crippen LogP contribution in [0.2, 0.25) is 0 Å². The normalized spacial score (nSPS) is 10.4. The highest BCUT2D eigenvalue weighted by molar-refractivity contribution is 5.89. The Morgan fingerprint density at radius 3 is 2.54 bits per heavy atom. The van der Waals surface area contributed by atoms with Crippen molar-refractivity contribution in [1.82, 2.24) is 10.3 Å². The number of urea groups is 1. The van der Waals surface area contributed by atoms with Gasteiger partial charge in [0.1, 0.15) is 17.2 Å². The lowest BCUT2D eigenvalue weighted by Crippen LogP contribution is -2.28. The molecule has 26 heavy (non-hydrogen) atoms. The molecule has 0 spiro atoms. The molecule has 0 aliphatic carbocycles. The number of hydrogen-bond donors (Lipinski definition) is 2. The lowest BCUT2D eigenvalue weighted by molar-refractivity contribution is 0.251. The monoisotopic (exact) mass is 351 g/mol. The summed E-state index contributed by atoms with van der Waals surface area (Å²) in [5.41, 5.74) is 2.28. The first-order chi connectivity index (χ1) is 12.7. The number of para-hydroxylation sites is 1. The lowest BCUT2D eigenvalue weighted by Gasteiger charge is -2.06. The fraction of sp³-hybridized carbons (Fsp3) is 0.200. The van der Waals surface area contributed by atoms with Gasteiger partial charge in [0.25, 0.3) is 0 Å². The number of oxazole rings is 1. The molecule has 0 saturated carbocycles. The Kier molecular flexibility index (Phi) is 5.53. The Morgan fingerprint density at radius 2 is 1.85 bits per heavy atom. The first kappa shape index (κ1) is 17.5. The summed E-state index contributed by atoms with van der Waals surface area (Å²) in [6.07, 6.45) is 0. The molecule has 2 N–H and O–H groups in total. The van der Waals surface area contributed by atoms with E-state index in [0.29, 0.717) is 24.0 Å². The topological polar surface area (TPSA) is 76.4 Å². The number of carbonyl (C=O) groups is 1. The Bertz CT molecular complexity index is 858. The Hall–Kier alpha value is -3.28. The Balaban J connectivity index is 1.62. The maximum atomic E-state index is 12.0. The number of nitrogens with zero attached hydrogens (tertiary/aromatic N) is 1. The molecule has 0 aliphatic heterocycles. The van der Waals surface area contributed by atoms with Crippen molar-refractivity contribution in [2.24, 2.45) is 0 Å². The van der Waals surface area contributed by atoms with Crippen LogP contribution in [0, 0.1) is 6.92 Å². The van der Waals surface area contributed by atoms with Crippen LogP contribution in [-0.4, -0.2) is 17.6 Å². The maximum Gasteiger partial charge on any atom is 0.319 e. The van der Waals surface area contributed by atoms with Crippen molar-refractivity contribution in [1.29, 1.82) is 0 Å². The van der Waals surface area contributed by atoms with Crippen molar-refractivity contribution in [3.63, 3.8) is 0 Å². The summed E-state index contributed by atoms with van der Waals surface area (Å²) < 4.78 is 11.2. The van der Waals surface area contributed by atoms with E-state index in [1.54, 1.807) is 0 Å². The van der Waals surface area contributed by atoms with Crippen LogP contribution >= 0.6 is 0 Å². The van der Waals surface area contributed by atoms with Crippen LogP contribution in [0.5, 0.6) is 5.75 Å². The van der Waals surface area contributed by atoms with Crippen molar-refractivity contribution in [3.05, 3.63) is 66.1 Å². The van der Waals surface area contributed by atoms with Crippen molar-refractivity contribution in [3.8, 4) is 17.2 Å². The van der Waals surface area contributed by atoms with Gasteiger partial charge in [-0.1, -0.05) is 18.2 Å². The molecule has 0 saturated heterocycles. The minimum atomic E-state index is -0.291. The van der Waals surface area contributed by atoms with Crippen LogP contribution in [-0.2, 0) is 6.54 Å². The van der Waals surface area contributed by atoms with E-state index < -0.39 is 0 Å². The van der Waals surface area contributed by atoms with Crippen LogP contribution in [0.15, 0.2) is 59.0 Å². The molecular formula is C20H21N3O3. The zero-order chi connectivity index (χ0) is 18.4. The highest BCUT2D eigenvalue weighted by atomic mass is 16.5. The first-order valence-electron chi connectivity index (χ1n) is 8.45. The van der Waals surface area contributed by atoms with Crippen molar-refractivity contribution < 1.29 is 13.9 Å². The molecule has 2 amide bonds. The van der Waals surface area contributed by atoms with Gasteiger partial charge in [0.2, 0.25) is 5.89 Å². The molecule has 0 aliphatic rings. The number of rotatable bonds is 6. The van der Waals surface area contributed by atoms with Gasteiger partial charge in [0.15, 0.2) is 0 Å². The maximum absolute atomic E-state index is 12.0. The summed E-state index contributed by atoms with van der Waals surface area (Å²) in [5, 5.41) is 5.55. The van der Waals surface area contributed by atoms with Crippen LogP contribution < -0.4 is 15.4 Å². The molecule has 0 bridgehead atoms. The van der Waals surface area contributed by atoms with Crippen molar-refractivity contribution >= 4 is 11.7 Å². The fourth-order valence-electron chi connectivity index (χ4n) is 2.44. The lowest BCUT2D eigenvalue weighted by atomic mass is 10.2. The van der Waals surface area contributed by atoms with E-state index in [0.717, 1.165) is 17.0 Å². The Labute approximate surface area is 152 Å². The second-order valence-electron chi connectivity index (χ2n) is 5.65. The van der Waals surface area contributed by atoms with Gasteiger partial charge < -0.3 is 19.8 Å². The van der Waals surface area contributed by atoms with Crippen LogP contribution in [0.4, 0.5) is 10.5 Å². The van der Waals surface area contributed by atoms with Crippen molar-refractivity contribution in [2.45, 2.75) is 20.4 Å². The van der Waals surface area contributed by atoms with E-state index in [1.807, 2.05) is 68.4 Å². The third-order valence-corrected chi connectivity index (χ3v) is 3.75. The molecule has 1 heterocycles. The summed E-state index contributed by atoms with van der Waals surface area (Å²) in [6.45, 7) is 4.68. The van der Waals surface area contributed by atoms with E-state index in [9.17, 15) is 4.79 Å². The zero-order valence-corrected chi connectivity index (χ0v) is 14.8. The quantitative estimate of drug-likeness (QED) is 0.691. The van der Waals surface area contributed by atoms with Gasteiger partial charge in [-0.05, 0) is 50.2 Å². The minimum absolute atomic E-state index is 0.283. The van der Waals surface area contributed by atoms with Gasteiger partial charge in [-0.15, -0.1) is 0 Å². The number of anilines is 1. The smallest absolute Gasteiger partial charge is 0.319 e. The van der Waals surface area contributed by atoms with Crippen LogP contribution in [0.3, 0.4) is 0 Å². The minimum Gasteiger partial charge on any atom is -0.494 e. The van der Waals surface area contributed by atoms with E-state index in [2.05, 4.69) is 15.6 Å². The molecule has 0 radical (unpaired) electrons. The average molecular weight is 351 g/mol. The molecule has 6 heteroatoms. The van der Waals surface area contributed by atoms with E-state index in [-0.39, 0.29) is 12.6 Å². The molecule has 2 aromatic carbocycles. The zero-order valence-electron chi connectivity index (χ0n) is 14.8. The summed E-state index contributed by atoms with van der Waals surface area (Å²) in [6, 6.07) is 16.5. The Morgan fingerprint density at radius 1 is 1.12 bits per heavy atom. The average Bonchev–Trinajstić information content (AvgIpc) is 3.02. The number of aromatic nitrogens is 1. The summed E-state index contributed by atoms with van der Waals surface area (Å²) in [5.74, 6) is 2.00. The molecule has 0 atom stereocenters. The van der Waals surface area contributed by atoms with Crippen LogP contribution in [0.1, 0.15) is 18.4 Å². The largest absolute Gasteiger partial charge is 0.494 e. The molecule has 1 aromatic heterocycles. The second kappa shape index (κ2) is 8.20. The number of ether oxygens (including phenoxy) is 1. The molecule has 0 fully saturated rings. The van der Waals surface area contributed by atoms with Crippen LogP contribution in [0.25, 0.3) is 11.5 Å². The number of hydrogen-bond acceptors (Lipinski definition) is 4. The van der Waals surface area contributed by atoms with Gasteiger partial charge in [-0.25, -0.2) is 9.78 Å². The molecule has 134 valence electrons. The van der Waals surface area contributed by atoms with Crippen molar-refractivity contribution in [2.75, 3.05) is 11.9 Å². The molecule has 6 nitrogen and oxygen atoms in total. The highest BCUT2D eigenvalue weighted by Gasteiger charge is 2.12. The third kappa shape index (κ3) is 4.42. The highest BCUT2D eigenvalue weighted by Crippen LogP contribution is 2.24. The fourth-order valence-corrected chi connectivity index (χ4v) is 2.44. The summed E-state index contributed by atoms with van der Waals surface area (Å²) >= 11 is 0. The predicted molar refractivity (Wildman–Crippen MR) is 100 cm³/mol. The van der Waals surface area contributed by atoms with E-state index in [1.165, 1.54) is 0 Å². The third-order valence-electron chi connectivity index (χ3n) is 3.75. The number of amides is 2. The SMILES string of the molecule is CCOc1ccc(-c2nc(CNC(=O)Nc3ccccc3)c(C)o2)cc1. The first-order valence-corrected chi connectivity index (χ1v) is 8.45. The molecule has 3 rings (SSSR count). The molecular weight excluding hydrogens is 330 g/mol.